The van der Waals surface area contributed by atoms with Crippen molar-refractivity contribution in [2.24, 2.45) is 0 Å². The third-order valence-corrected chi connectivity index (χ3v) is 1.77. The standard InChI is InChI=1S/C9H11NO3/c1-5-3-7(10)6(4-8(5)11)9(12)13-2/h3-4,11H,10H2,1-2H3. The second kappa shape index (κ2) is 3.35. The van der Waals surface area contributed by atoms with Crippen molar-refractivity contribution in [1.29, 1.82) is 0 Å². The molecule has 1 aromatic carbocycles. The van der Waals surface area contributed by atoms with Gasteiger partial charge in [-0.05, 0) is 24.6 Å². The number of phenols is 1. The Bertz CT molecular complexity index is 347. The van der Waals surface area contributed by atoms with E-state index < -0.39 is 5.97 Å². The van der Waals surface area contributed by atoms with Crippen LogP contribution in [0, 0.1) is 6.92 Å². The summed E-state index contributed by atoms with van der Waals surface area (Å²) >= 11 is 0. The molecule has 0 amide bonds. The SMILES string of the molecule is COC(=O)c1cc(O)c(C)cc1N. The van der Waals surface area contributed by atoms with Crippen LogP contribution in [-0.4, -0.2) is 18.2 Å². The molecule has 0 aromatic heterocycles. The van der Waals surface area contributed by atoms with Crippen molar-refractivity contribution in [3.05, 3.63) is 23.3 Å². The highest BCUT2D eigenvalue weighted by Crippen LogP contribution is 2.23. The first-order valence-electron chi connectivity index (χ1n) is 3.73. The fourth-order valence-electron chi connectivity index (χ4n) is 1.01. The van der Waals surface area contributed by atoms with Gasteiger partial charge in [0.1, 0.15) is 5.75 Å². The minimum Gasteiger partial charge on any atom is -0.508 e. The average molecular weight is 181 g/mol. The summed E-state index contributed by atoms with van der Waals surface area (Å²) in [5, 5.41) is 9.31. The first-order valence-corrected chi connectivity index (χ1v) is 3.73. The number of benzene rings is 1. The number of rotatable bonds is 1. The van der Waals surface area contributed by atoms with Gasteiger partial charge in [0.25, 0.3) is 0 Å². The summed E-state index contributed by atoms with van der Waals surface area (Å²) in [4.78, 5) is 11.1. The number of anilines is 1. The second-order valence-electron chi connectivity index (χ2n) is 2.72. The van der Waals surface area contributed by atoms with Gasteiger partial charge >= 0.3 is 5.97 Å². The van der Waals surface area contributed by atoms with Gasteiger partial charge in [-0.15, -0.1) is 0 Å². The normalized spacial score (nSPS) is 9.69. The molecule has 4 heteroatoms. The summed E-state index contributed by atoms with van der Waals surface area (Å²) < 4.78 is 4.48. The number of carbonyl (C=O) groups is 1. The van der Waals surface area contributed by atoms with Crippen LogP contribution in [0.3, 0.4) is 0 Å². The zero-order valence-corrected chi connectivity index (χ0v) is 7.50. The smallest absolute Gasteiger partial charge is 0.340 e. The zero-order chi connectivity index (χ0) is 10.0. The Morgan fingerprint density at radius 3 is 2.69 bits per heavy atom. The Hall–Kier alpha value is -1.71. The fraction of sp³-hybridized carbons (Fsp3) is 0.222. The number of methoxy groups -OCH3 is 1. The Morgan fingerprint density at radius 1 is 1.54 bits per heavy atom. The molecule has 0 saturated carbocycles. The lowest BCUT2D eigenvalue weighted by molar-refractivity contribution is 0.0601. The molecule has 0 spiro atoms. The van der Waals surface area contributed by atoms with Crippen LogP contribution in [0.4, 0.5) is 5.69 Å². The van der Waals surface area contributed by atoms with Crippen molar-refractivity contribution in [2.45, 2.75) is 6.92 Å². The molecule has 0 heterocycles. The van der Waals surface area contributed by atoms with Gasteiger partial charge in [0, 0.05) is 5.69 Å². The number of esters is 1. The van der Waals surface area contributed by atoms with Crippen LogP contribution < -0.4 is 5.73 Å². The van der Waals surface area contributed by atoms with E-state index in [1.54, 1.807) is 6.92 Å². The molecule has 0 aliphatic carbocycles. The lowest BCUT2D eigenvalue weighted by Crippen LogP contribution is -2.05. The highest BCUT2D eigenvalue weighted by atomic mass is 16.5. The largest absolute Gasteiger partial charge is 0.508 e. The van der Waals surface area contributed by atoms with Crippen molar-refractivity contribution in [3.63, 3.8) is 0 Å². The molecular weight excluding hydrogens is 170 g/mol. The molecule has 1 aromatic rings. The molecule has 0 saturated heterocycles. The summed E-state index contributed by atoms with van der Waals surface area (Å²) in [5.74, 6) is -0.512. The van der Waals surface area contributed by atoms with Crippen LogP contribution >= 0.6 is 0 Å². The van der Waals surface area contributed by atoms with Gasteiger partial charge in [-0.25, -0.2) is 4.79 Å². The van der Waals surface area contributed by atoms with Gasteiger partial charge in [-0.1, -0.05) is 0 Å². The molecule has 4 nitrogen and oxygen atoms in total. The predicted octanol–water partition coefficient (Wildman–Crippen LogP) is 1.07. The molecule has 1 rings (SSSR count). The van der Waals surface area contributed by atoms with Crippen molar-refractivity contribution in [1.82, 2.24) is 0 Å². The number of hydrogen-bond donors (Lipinski definition) is 2. The van der Waals surface area contributed by atoms with Gasteiger partial charge in [0.2, 0.25) is 0 Å². The fourth-order valence-corrected chi connectivity index (χ4v) is 1.01. The predicted molar refractivity (Wildman–Crippen MR) is 48.6 cm³/mol. The molecule has 3 N–H and O–H groups in total. The van der Waals surface area contributed by atoms with Crippen molar-refractivity contribution >= 4 is 11.7 Å². The lowest BCUT2D eigenvalue weighted by atomic mass is 10.1. The molecule has 0 radical (unpaired) electrons. The summed E-state index contributed by atoms with van der Waals surface area (Å²) in [6.07, 6.45) is 0. The van der Waals surface area contributed by atoms with Crippen LogP contribution in [0.25, 0.3) is 0 Å². The van der Waals surface area contributed by atoms with E-state index in [1.807, 2.05) is 0 Å². The average Bonchev–Trinajstić information content (AvgIpc) is 2.10. The number of phenolic OH excluding ortho intramolecular Hbond substituents is 1. The maximum atomic E-state index is 11.1. The van der Waals surface area contributed by atoms with Crippen LogP contribution in [-0.2, 0) is 4.74 Å². The van der Waals surface area contributed by atoms with E-state index in [2.05, 4.69) is 4.74 Å². The maximum absolute atomic E-state index is 11.1. The van der Waals surface area contributed by atoms with Crippen molar-refractivity contribution in [3.8, 4) is 5.75 Å². The van der Waals surface area contributed by atoms with E-state index in [4.69, 9.17) is 5.73 Å². The number of aromatic hydroxyl groups is 1. The zero-order valence-electron chi connectivity index (χ0n) is 7.50. The van der Waals surface area contributed by atoms with E-state index in [-0.39, 0.29) is 11.3 Å². The van der Waals surface area contributed by atoms with Crippen LogP contribution in [0.5, 0.6) is 5.75 Å². The minimum atomic E-state index is -0.548. The van der Waals surface area contributed by atoms with Crippen LogP contribution in [0.1, 0.15) is 15.9 Å². The Kier molecular flexibility index (Phi) is 2.41. The summed E-state index contributed by atoms with van der Waals surface area (Å²) in [6, 6.07) is 2.83. The highest BCUT2D eigenvalue weighted by Gasteiger charge is 2.11. The van der Waals surface area contributed by atoms with Gasteiger partial charge in [0.15, 0.2) is 0 Å². The Morgan fingerprint density at radius 2 is 2.15 bits per heavy atom. The maximum Gasteiger partial charge on any atom is 0.340 e. The molecule has 13 heavy (non-hydrogen) atoms. The molecule has 0 aliphatic heterocycles. The molecular formula is C9H11NO3. The monoisotopic (exact) mass is 181 g/mol. The van der Waals surface area contributed by atoms with E-state index in [0.717, 1.165) is 0 Å². The molecule has 0 unspecified atom stereocenters. The van der Waals surface area contributed by atoms with E-state index in [1.165, 1.54) is 19.2 Å². The third-order valence-electron chi connectivity index (χ3n) is 1.77. The van der Waals surface area contributed by atoms with Crippen molar-refractivity contribution < 1.29 is 14.6 Å². The molecule has 0 bridgehead atoms. The first-order chi connectivity index (χ1) is 6.06. The van der Waals surface area contributed by atoms with Crippen LogP contribution in [0.2, 0.25) is 0 Å². The van der Waals surface area contributed by atoms with Gasteiger partial charge in [-0.2, -0.15) is 0 Å². The van der Waals surface area contributed by atoms with Gasteiger partial charge < -0.3 is 15.6 Å². The number of hydrogen-bond acceptors (Lipinski definition) is 4. The number of nitrogen functional groups attached to an aromatic ring is 1. The topological polar surface area (TPSA) is 72.5 Å². The van der Waals surface area contributed by atoms with E-state index >= 15 is 0 Å². The number of ether oxygens (including phenoxy) is 1. The van der Waals surface area contributed by atoms with Gasteiger partial charge in [0.05, 0.1) is 12.7 Å². The first kappa shape index (κ1) is 9.38. The third kappa shape index (κ3) is 1.72. The molecule has 0 fully saturated rings. The number of aryl methyl sites for hydroxylation is 1. The Balaban J connectivity index is 3.23. The summed E-state index contributed by atoms with van der Waals surface area (Å²) in [6.45, 7) is 1.70. The molecule has 0 aliphatic rings. The van der Waals surface area contributed by atoms with E-state index in [0.29, 0.717) is 11.3 Å². The summed E-state index contributed by atoms with van der Waals surface area (Å²) in [5.41, 5.74) is 6.68. The van der Waals surface area contributed by atoms with Gasteiger partial charge in [-0.3, -0.25) is 0 Å². The van der Waals surface area contributed by atoms with E-state index in [9.17, 15) is 9.90 Å². The highest BCUT2D eigenvalue weighted by molar-refractivity contribution is 5.95. The minimum absolute atomic E-state index is 0.0367. The summed E-state index contributed by atoms with van der Waals surface area (Å²) in [7, 11) is 1.26. The lowest BCUT2D eigenvalue weighted by Gasteiger charge is -2.06. The number of carbonyl (C=O) groups excluding carboxylic acids is 1. The van der Waals surface area contributed by atoms with Crippen LogP contribution in [0.15, 0.2) is 12.1 Å². The number of nitrogens with two attached hydrogens (primary N) is 1. The molecule has 0 atom stereocenters. The second-order valence-corrected chi connectivity index (χ2v) is 2.72. The van der Waals surface area contributed by atoms with Crippen molar-refractivity contribution in [2.75, 3.05) is 12.8 Å². The quantitative estimate of drug-likeness (QED) is 0.386. The molecule has 70 valence electrons. The Labute approximate surface area is 75.9 Å².